The summed E-state index contributed by atoms with van der Waals surface area (Å²) in [5.74, 6) is -0.618. The van der Waals surface area contributed by atoms with Gasteiger partial charge in [-0.15, -0.1) is 0 Å². The number of urea groups is 1. The van der Waals surface area contributed by atoms with E-state index in [0.29, 0.717) is 11.6 Å². The quantitative estimate of drug-likeness (QED) is 0.817. The van der Waals surface area contributed by atoms with Gasteiger partial charge in [0.2, 0.25) is 5.91 Å². The molecule has 1 aromatic carbocycles. The Morgan fingerprint density at radius 1 is 1.27 bits per heavy atom. The van der Waals surface area contributed by atoms with Gasteiger partial charge in [0.25, 0.3) is 0 Å². The van der Waals surface area contributed by atoms with E-state index in [1.54, 1.807) is 6.07 Å². The van der Waals surface area contributed by atoms with Gasteiger partial charge in [0.15, 0.2) is 0 Å². The summed E-state index contributed by atoms with van der Waals surface area (Å²) in [4.78, 5) is 28.2. The highest BCUT2D eigenvalue weighted by Crippen LogP contribution is 2.20. The summed E-state index contributed by atoms with van der Waals surface area (Å²) in [5, 5.41) is 5.60. The Balaban J connectivity index is 1.44. The summed E-state index contributed by atoms with van der Waals surface area (Å²) >= 11 is 6.09. The number of carbonyl (C=O) groups excluding carboxylic acids is 2. The number of amides is 3. The fourth-order valence-corrected chi connectivity index (χ4v) is 3.26. The maximum absolute atomic E-state index is 13.1. The van der Waals surface area contributed by atoms with Gasteiger partial charge >= 0.3 is 6.03 Å². The average molecular weight is 383 g/mol. The maximum atomic E-state index is 13.1. The Labute approximate surface area is 157 Å². The second kappa shape index (κ2) is 8.33. The SMILES string of the molecule is C[C@H](C(=O)NC(=O)NC1CC1)N1CCN(Cc2ccc(F)cc2Cl)CC1. The Bertz CT molecular complexity index is 675. The van der Waals surface area contributed by atoms with Gasteiger partial charge in [-0.2, -0.15) is 0 Å². The zero-order chi connectivity index (χ0) is 18.7. The number of halogens is 2. The van der Waals surface area contributed by atoms with Crippen LogP contribution < -0.4 is 10.6 Å². The van der Waals surface area contributed by atoms with Gasteiger partial charge in [-0.1, -0.05) is 17.7 Å². The molecule has 0 radical (unpaired) electrons. The average Bonchev–Trinajstić information content (AvgIpc) is 3.41. The first-order chi connectivity index (χ1) is 12.4. The molecular formula is C18H24ClFN4O2. The molecule has 2 N–H and O–H groups in total. The molecule has 1 saturated carbocycles. The van der Waals surface area contributed by atoms with Gasteiger partial charge < -0.3 is 5.32 Å². The largest absolute Gasteiger partial charge is 0.335 e. The van der Waals surface area contributed by atoms with Crippen LogP contribution in [0.25, 0.3) is 0 Å². The molecule has 142 valence electrons. The Kier molecular flexibility index (Phi) is 6.11. The van der Waals surface area contributed by atoms with Crippen LogP contribution in [0.2, 0.25) is 5.02 Å². The van der Waals surface area contributed by atoms with Crippen molar-refractivity contribution in [1.82, 2.24) is 20.4 Å². The van der Waals surface area contributed by atoms with E-state index in [-0.39, 0.29) is 23.8 Å². The summed E-state index contributed by atoms with van der Waals surface area (Å²) in [6.07, 6.45) is 1.97. The lowest BCUT2D eigenvalue weighted by Crippen LogP contribution is -2.55. The van der Waals surface area contributed by atoms with Gasteiger partial charge in [0.05, 0.1) is 6.04 Å². The van der Waals surface area contributed by atoms with E-state index in [0.717, 1.165) is 44.6 Å². The van der Waals surface area contributed by atoms with E-state index in [4.69, 9.17) is 11.6 Å². The second-order valence-corrected chi connectivity index (χ2v) is 7.37. The van der Waals surface area contributed by atoms with Crippen molar-refractivity contribution in [2.45, 2.75) is 38.4 Å². The minimum atomic E-state index is -0.408. The van der Waals surface area contributed by atoms with Crippen LogP contribution in [0.3, 0.4) is 0 Å². The number of carbonyl (C=O) groups is 2. The van der Waals surface area contributed by atoms with Crippen LogP contribution in [0.15, 0.2) is 18.2 Å². The van der Waals surface area contributed by atoms with E-state index in [2.05, 4.69) is 20.4 Å². The minimum Gasteiger partial charge on any atom is -0.335 e. The molecule has 8 heteroatoms. The van der Waals surface area contributed by atoms with Crippen molar-refractivity contribution >= 4 is 23.5 Å². The Hall–Kier alpha value is -1.70. The first-order valence-electron chi connectivity index (χ1n) is 8.94. The number of nitrogens with one attached hydrogen (secondary N) is 2. The van der Waals surface area contributed by atoms with Crippen molar-refractivity contribution < 1.29 is 14.0 Å². The van der Waals surface area contributed by atoms with Crippen molar-refractivity contribution in [3.05, 3.63) is 34.6 Å². The van der Waals surface area contributed by atoms with E-state index >= 15 is 0 Å². The molecule has 1 atom stereocenters. The fraction of sp³-hybridized carbons (Fsp3) is 0.556. The minimum absolute atomic E-state index is 0.222. The van der Waals surface area contributed by atoms with Crippen LogP contribution in [0.4, 0.5) is 9.18 Å². The number of hydrogen-bond acceptors (Lipinski definition) is 4. The molecule has 2 fully saturated rings. The first kappa shape index (κ1) is 19.1. The topological polar surface area (TPSA) is 64.7 Å². The summed E-state index contributed by atoms with van der Waals surface area (Å²) in [6, 6.07) is 3.90. The summed E-state index contributed by atoms with van der Waals surface area (Å²) in [7, 11) is 0. The molecule has 1 aliphatic heterocycles. The molecule has 3 amide bonds. The third-order valence-electron chi connectivity index (χ3n) is 4.89. The van der Waals surface area contributed by atoms with Crippen LogP contribution in [-0.4, -0.2) is 60.0 Å². The van der Waals surface area contributed by atoms with Crippen molar-refractivity contribution in [3.8, 4) is 0 Å². The van der Waals surface area contributed by atoms with Crippen molar-refractivity contribution in [1.29, 1.82) is 0 Å². The van der Waals surface area contributed by atoms with E-state index in [1.165, 1.54) is 12.1 Å². The van der Waals surface area contributed by atoms with Crippen molar-refractivity contribution in [3.63, 3.8) is 0 Å². The van der Waals surface area contributed by atoms with Gasteiger partial charge in [-0.25, -0.2) is 9.18 Å². The normalized spacial score (nSPS) is 19.8. The van der Waals surface area contributed by atoms with Gasteiger partial charge in [-0.05, 0) is 37.5 Å². The molecule has 3 rings (SSSR count). The van der Waals surface area contributed by atoms with E-state index < -0.39 is 6.03 Å². The lowest BCUT2D eigenvalue weighted by Gasteiger charge is -2.37. The zero-order valence-electron chi connectivity index (χ0n) is 14.8. The highest BCUT2D eigenvalue weighted by atomic mass is 35.5. The van der Waals surface area contributed by atoms with Crippen LogP contribution in [-0.2, 0) is 11.3 Å². The molecule has 0 bridgehead atoms. The monoisotopic (exact) mass is 382 g/mol. The third-order valence-corrected chi connectivity index (χ3v) is 5.24. The van der Waals surface area contributed by atoms with Gasteiger partial charge in [0.1, 0.15) is 5.82 Å². The summed E-state index contributed by atoms with van der Waals surface area (Å²) in [6.45, 7) is 5.46. The summed E-state index contributed by atoms with van der Waals surface area (Å²) < 4.78 is 13.1. The second-order valence-electron chi connectivity index (χ2n) is 6.96. The number of nitrogens with zero attached hydrogens (tertiary/aromatic N) is 2. The van der Waals surface area contributed by atoms with Crippen LogP contribution in [0, 0.1) is 5.82 Å². The predicted molar refractivity (Wildman–Crippen MR) is 97.4 cm³/mol. The molecule has 0 spiro atoms. The standard InChI is InChI=1S/C18H24ClFN4O2/c1-12(17(25)22-18(26)21-15-4-5-15)24-8-6-23(7-9-24)11-13-2-3-14(20)10-16(13)19/h2-3,10,12,15H,4-9,11H2,1H3,(H2,21,22,25,26)/t12-/m1/s1. The highest BCUT2D eigenvalue weighted by Gasteiger charge is 2.28. The number of benzene rings is 1. The lowest BCUT2D eigenvalue weighted by atomic mass is 10.1. The number of hydrogen-bond donors (Lipinski definition) is 2. The first-order valence-corrected chi connectivity index (χ1v) is 9.32. The Morgan fingerprint density at radius 3 is 2.58 bits per heavy atom. The van der Waals surface area contributed by atoms with Crippen molar-refractivity contribution in [2.24, 2.45) is 0 Å². The van der Waals surface area contributed by atoms with E-state index in [9.17, 15) is 14.0 Å². The van der Waals surface area contributed by atoms with Crippen LogP contribution >= 0.6 is 11.6 Å². The molecule has 1 aromatic rings. The smallest absolute Gasteiger partial charge is 0.321 e. The summed E-state index contributed by atoms with van der Waals surface area (Å²) in [5.41, 5.74) is 0.893. The molecule has 26 heavy (non-hydrogen) atoms. The van der Waals surface area contributed by atoms with Crippen molar-refractivity contribution in [2.75, 3.05) is 26.2 Å². The molecule has 0 unspecified atom stereocenters. The zero-order valence-corrected chi connectivity index (χ0v) is 15.6. The molecule has 6 nitrogen and oxygen atoms in total. The Morgan fingerprint density at radius 2 is 1.96 bits per heavy atom. The maximum Gasteiger partial charge on any atom is 0.321 e. The van der Waals surface area contributed by atoms with Crippen LogP contribution in [0.5, 0.6) is 0 Å². The molecule has 0 aromatic heterocycles. The molecule has 2 aliphatic rings. The molecule has 1 saturated heterocycles. The lowest BCUT2D eigenvalue weighted by molar-refractivity contribution is -0.125. The van der Waals surface area contributed by atoms with E-state index in [1.807, 2.05) is 6.92 Å². The third kappa shape index (κ3) is 5.16. The fourth-order valence-electron chi connectivity index (χ4n) is 3.03. The number of rotatable bonds is 5. The predicted octanol–water partition coefficient (Wildman–Crippen LogP) is 1.97. The molecular weight excluding hydrogens is 359 g/mol. The van der Waals surface area contributed by atoms with Crippen LogP contribution in [0.1, 0.15) is 25.3 Å². The van der Waals surface area contributed by atoms with Gasteiger partial charge in [0, 0.05) is 43.8 Å². The molecule has 1 heterocycles. The highest BCUT2D eigenvalue weighted by molar-refractivity contribution is 6.31. The van der Waals surface area contributed by atoms with Gasteiger partial charge in [-0.3, -0.25) is 19.9 Å². The number of imide groups is 1. The number of piperazine rings is 1. The molecule has 1 aliphatic carbocycles.